The Bertz CT molecular complexity index is 1090. The minimum absolute atomic E-state index is 0.0268. The van der Waals surface area contributed by atoms with Crippen molar-refractivity contribution in [3.8, 4) is 11.8 Å². The number of rotatable bonds is 7. The number of nitrogens with one attached hydrogen (secondary N) is 1. The Morgan fingerprint density at radius 2 is 2.12 bits per heavy atom. The monoisotopic (exact) mass is 432 g/mol. The van der Waals surface area contributed by atoms with Crippen LogP contribution < -0.4 is 10.1 Å². The fraction of sp³-hybridized carbons (Fsp3) is 0.423. The third kappa shape index (κ3) is 4.34. The van der Waals surface area contributed by atoms with Gasteiger partial charge in [-0.25, -0.2) is 0 Å². The smallest absolute Gasteiger partial charge is 0.305 e. The maximum Gasteiger partial charge on any atom is 0.305 e. The second kappa shape index (κ2) is 9.04. The van der Waals surface area contributed by atoms with E-state index in [0.29, 0.717) is 43.7 Å². The molecular formula is C26H28N2O4. The molecule has 4 rings (SSSR count). The molecule has 1 fully saturated rings. The van der Waals surface area contributed by atoms with E-state index in [0.717, 1.165) is 35.3 Å². The lowest BCUT2D eigenvalue weighted by molar-refractivity contribution is -0.143. The lowest BCUT2D eigenvalue weighted by atomic mass is 9.86. The van der Waals surface area contributed by atoms with Crippen molar-refractivity contribution in [2.24, 2.45) is 5.92 Å². The van der Waals surface area contributed by atoms with Gasteiger partial charge in [-0.2, -0.15) is 5.26 Å². The fourth-order valence-corrected chi connectivity index (χ4v) is 4.72. The lowest BCUT2D eigenvalue weighted by Crippen LogP contribution is -2.27. The van der Waals surface area contributed by atoms with Gasteiger partial charge in [0.2, 0.25) is 5.91 Å². The number of carbonyl (C=O) groups excluding carboxylic acids is 2. The predicted octanol–water partition coefficient (Wildman–Crippen LogP) is 4.43. The molecule has 2 atom stereocenters. The summed E-state index contributed by atoms with van der Waals surface area (Å²) in [6.45, 7) is 4.82. The molecule has 0 bridgehead atoms. The summed E-state index contributed by atoms with van der Waals surface area (Å²) in [7, 11) is 0. The number of esters is 1. The summed E-state index contributed by atoms with van der Waals surface area (Å²) in [6, 6.07) is 13.6. The molecule has 1 amide bonds. The SMILES string of the molecule is CCOC(=O)CCCc1ccc(C#N)cc1NC(=O)C1CC12CCOc1ccc(C)cc12. The molecule has 1 aliphatic carbocycles. The molecule has 32 heavy (non-hydrogen) atoms. The Morgan fingerprint density at radius 1 is 1.28 bits per heavy atom. The second-order valence-corrected chi connectivity index (χ2v) is 8.64. The van der Waals surface area contributed by atoms with Gasteiger partial charge in [-0.1, -0.05) is 23.8 Å². The first-order valence-corrected chi connectivity index (χ1v) is 11.2. The minimum Gasteiger partial charge on any atom is -0.493 e. The summed E-state index contributed by atoms with van der Waals surface area (Å²) in [6.07, 6.45) is 3.18. The zero-order valence-electron chi connectivity index (χ0n) is 18.6. The zero-order valence-corrected chi connectivity index (χ0v) is 18.6. The van der Waals surface area contributed by atoms with E-state index >= 15 is 0 Å². The van der Waals surface area contributed by atoms with Crippen LogP contribution in [0.2, 0.25) is 0 Å². The number of ether oxygens (including phenoxy) is 2. The zero-order chi connectivity index (χ0) is 22.7. The average molecular weight is 433 g/mol. The number of fused-ring (bicyclic) bond motifs is 2. The van der Waals surface area contributed by atoms with Crippen molar-refractivity contribution in [2.75, 3.05) is 18.5 Å². The Labute approximate surface area is 188 Å². The van der Waals surface area contributed by atoms with Crippen molar-refractivity contribution >= 4 is 17.6 Å². The highest BCUT2D eigenvalue weighted by molar-refractivity contribution is 5.97. The van der Waals surface area contributed by atoms with E-state index in [-0.39, 0.29) is 23.2 Å². The van der Waals surface area contributed by atoms with E-state index in [1.165, 1.54) is 0 Å². The second-order valence-electron chi connectivity index (χ2n) is 8.64. The molecule has 2 aromatic rings. The summed E-state index contributed by atoms with van der Waals surface area (Å²) >= 11 is 0. The quantitative estimate of drug-likeness (QED) is 0.654. The van der Waals surface area contributed by atoms with Crippen LogP contribution in [0.5, 0.6) is 5.75 Å². The number of benzene rings is 2. The maximum absolute atomic E-state index is 13.3. The molecule has 1 saturated carbocycles. The number of hydrogen-bond acceptors (Lipinski definition) is 5. The van der Waals surface area contributed by atoms with Gasteiger partial charge in [-0.3, -0.25) is 9.59 Å². The molecule has 1 spiro atoms. The molecule has 2 aromatic carbocycles. The molecule has 0 aromatic heterocycles. The van der Waals surface area contributed by atoms with Crippen molar-refractivity contribution in [1.29, 1.82) is 5.26 Å². The van der Waals surface area contributed by atoms with Crippen LogP contribution in [0.1, 0.15) is 54.9 Å². The third-order valence-electron chi connectivity index (χ3n) is 6.50. The van der Waals surface area contributed by atoms with Gasteiger partial charge in [-0.15, -0.1) is 0 Å². The summed E-state index contributed by atoms with van der Waals surface area (Å²) in [5.74, 6) is 0.509. The lowest BCUT2D eigenvalue weighted by Gasteiger charge is -2.27. The topological polar surface area (TPSA) is 88.4 Å². The summed E-state index contributed by atoms with van der Waals surface area (Å²) in [4.78, 5) is 24.9. The van der Waals surface area contributed by atoms with Crippen molar-refractivity contribution in [3.05, 3.63) is 58.7 Å². The maximum atomic E-state index is 13.3. The van der Waals surface area contributed by atoms with Crippen LogP contribution in [0.4, 0.5) is 5.69 Å². The van der Waals surface area contributed by atoms with Gasteiger partial charge < -0.3 is 14.8 Å². The van der Waals surface area contributed by atoms with Crippen LogP contribution in [-0.2, 0) is 26.2 Å². The molecular weight excluding hydrogens is 404 g/mol. The first kappa shape index (κ1) is 21.9. The summed E-state index contributed by atoms with van der Waals surface area (Å²) < 4.78 is 10.8. The van der Waals surface area contributed by atoms with Crippen LogP contribution in [0.3, 0.4) is 0 Å². The van der Waals surface area contributed by atoms with Crippen molar-refractivity contribution in [3.63, 3.8) is 0 Å². The molecule has 0 radical (unpaired) electrons. The van der Waals surface area contributed by atoms with E-state index in [2.05, 4.69) is 24.4 Å². The van der Waals surface area contributed by atoms with Gasteiger partial charge in [-0.05, 0) is 63.3 Å². The Hall–Kier alpha value is -3.33. The first-order valence-electron chi connectivity index (χ1n) is 11.2. The van der Waals surface area contributed by atoms with Crippen LogP contribution in [0, 0.1) is 24.2 Å². The van der Waals surface area contributed by atoms with E-state index in [9.17, 15) is 14.9 Å². The Balaban J connectivity index is 1.49. The fourth-order valence-electron chi connectivity index (χ4n) is 4.72. The number of amides is 1. The normalized spacial score (nSPS) is 20.6. The van der Waals surface area contributed by atoms with Gasteiger partial charge in [0.05, 0.1) is 24.8 Å². The Morgan fingerprint density at radius 3 is 2.91 bits per heavy atom. The molecule has 1 aliphatic heterocycles. The van der Waals surface area contributed by atoms with E-state index in [1.54, 1.807) is 19.1 Å². The molecule has 166 valence electrons. The Kier molecular flexibility index (Phi) is 6.18. The number of nitriles is 1. The summed E-state index contributed by atoms with van der Waals surface area (Å²) in [5, 5.41) is 12.4. The van der Waals surface area contributed by atoms with Crippen LogP contribution in [0.15, 0.2) is 36.4 Å². The molecule has 6 heteroatoms. The largest absolute Gasteiger partial charge is 0.493 e. The van der Waals surface area contributed by atoms with Gasteiger partial charge >= 0.3 is 5.97 Å². The highest BCUT2D eigenvalue weighted by Gasteiger charge is 2.61. The van der Waals surface area contributed by atoms with Gasteiger partial charge in [0, 0.05) is 29.0 Å². The number of nitrogens with zero attached hydrogens (tertiary/aromatic N) is 1. The third-order valence-corrected chi connectivity index (χ3v) is 6.50. The van der Waals surface area contributed by atoms with Crippen LogP contribution in [-0.4, -0.2) is 25.1 Å². The van der Waals surface area contributed by atoms with Crippen LogP contribution >= 0.6 is 0 Å². The van der Waals surface area contributed by atoms with E-state index in [4.69, 9.17) is 9.47 Å². The first-order chi connectivity index (χ1) is 15.5. The average Bonchev–Trinajstić information content (AvgIpc) is 3.50. The molecule has 2 unspecified atom stereocenters. The minimum atomic E-state index is -0.222. The number of anilines is 1. The van der Waals surface area contributed by atoms with Crippen molar-refractivity contribution < 1.29 is 19.1 Å². The predicted molar refractivity (Wildman–Crippen MR) is 120 cm³/mol. The summed E-state index contributed by atoms with van der Waals surface area (Å²) in [5.41, 5.74) is 4.18. The van der Waals surface area contributed by atoms with E-state index in [1.807, 2.05) is 18.2 Å². The van der Waals surface area contributed by atoms with Gasteiger partial charge in [0.15, 0.2) is 0 Å². The van der Waals surface area contributed by atoms with Crippen molar-refractivity contribution in [2.45, 2.75) is 51.4 Å². The van der Waals surface area contributed by atoms with Gasteiger partial charge in [0.25, 0.3) is 0 Å². The number of hydrogen-bond donors (Lipinski definition) is 1. The molecule has 1 N–H and O–H groups in total. The van der Waals surface area contributed by atoms with Crippen LogP contribution in [0.25, 0.3) is 0 Å². The molecule has 1 heterocycles. The standard InChI is InChI=1S/C26H28N2O4/c1-3-31-24(29)6-4-5-19-9-8-18(16-27)14-22(19)28-25(30)21-15-26(21)11-12-32-23-10-7-17(2)13-20(23)26/h7-10,13-14,21H,3-6,11-12,15H2,1-2H3,(H,28,30). The molecule has 6 nitrogen and oxygen atoms in total. The van der Waals surface area contributed by atoms with Gasteiger partial charge in [0.1, 0.15) is 5.75 Å². The highest BCUT2D eigenvalue weighted by atomic mass is 16.5. The van der Waals surface area contributed by atoms with Crippen molar-refractivity contribution in [1.82, 2.24) is 0 Å². The number of carbonyl (C=O) groups is 2. The van der Waals surface area contributed by atoms with E-state index < -0.39 is 0 Å². The molecule has 2 aliphatic rings. The molecule has 0 saturated heterocycles. The number of aryl methyl sites for hydroxylation is 2. The highest BCUT2D eigenvalue weighted by Crippen LogP contribution is 2.61.